The molecule has 0 aromatic heterocycles. The SMILES string of the molecule is CCN=C(NC1CC1c1cccc(Cl)c1)N1CCN(C(C)=O)CC1.I. The summed E-state index contributed by atoms with van der Waals surface area (Å²) in [6.45, 7) is 7.64. The predicted molar refractivity (Wildman–Crippen MR) is 113 cm³/mol. The van der Waals surface area contributed by atoms with Crippen LogP contribution >= 0.6 is 35.6 Å². The molecule has 2 fully saturated rings. The lowest BCUT2D eigenvalue weighted by Gasteiger charge is -2.36. The second-order valence-electron chi connectivity index (χ2n) is 6.44. The molecule has 1 aromatic rings. The zero-order valence-corrected chi connectivity index (χ0v) is 17.8. The zero-order valence-electron chi connectivity index (χ0n) is 14.7. The van der Waals surface area contributed by atoms with Crippen LogP contribution in [0.1, 0.15) is 31.7 Å². The Kier molecular flexibility index (Phi) is 7.37. The molecule has 2 aliphatic rings. The highest BCUT2D eigenvalue weighted by atomic mass is 127. The van der Waals surface area contributed by atoms with Crippen LogP contribution in [0, 0.1) is 0 Å². The highest BCUT2D eigenvalue weighted by Crippen LogP contribution is 2.41. The monoisotopic (exact) mass is 476 g/mol. The second-order valence-corrected chi connectivity index (χ2v) is 6.88. The minimum Gasteiger partial charge on any atom is -0.353 e. The number of hydrogen-bond acceptors (Lipinski definition) is 2. The Balaban J connectivity index is 0.00000225. The average Bonchev–Trinajstić information content (AvgIpc) is 3.34. The number of benzene rings is 1. The molecule has 1 N–H and O–H groups in total. The highest BCUT2D eigenvalue weighted by molar-refractivity contribution is 14.0. The predicted octanol–water partition coefficient (Wildman–Crippen LogP) is 2.94. The zero-order chi connectivity index (χ0) is 17.1. The van der Waals surface area contributed by atoms with E-state index in [0.29, 0.717) is 12.0 Å². The maximum atomic E-state index is 11.5. The van der Waals surface area contributed by atoms with Crippen LogP contribution in [0.2, 0.25) is 5.02 Å². The standard InChI is InChI=1S/C18H25ClN4O.HI/c1-3-20-18(23-9-7-22(8-10-23)13(2)24)21-17-12-16(17)14-5-4-6-15(19)11-14;/h4-6,11,16-17H,3,7-10,12H2,1-2H3,(H,20,21);1H. The molecule has 0 radical (unpaired) electrons. The molecule has 2 unspecified atom stereocenters. The number of halogens is 2. The van der Waals surface area contributed by atoms with Crippen molar-refractivity contribution in [3.63, 3.8) is 0 Å². The largest absolute Gasteiger partial charge is 0.353 e. The van der Waals surface area contributed by atoms with E-state index in [1.165, 1.54) is 5.56 Å². The quantitative estimate of drug-likeness (QED) is 0.415. The van der Waals surface area contributed by atoms with E-state index in [-0.39, 0.29) is 29.9 Å². The number of guanidine groups is 1. The first-order valence-corrected chi connectivity index (χ1v) is 9.03. The average molecular weight is 477 g/mol. The summed E-state index contributed by atoms with van der Waals surface area (Å²) in [5, 5.41) is 4.40. The number of nitrogens with zero attached hydrogens (tertiary/aromatic N) is 3. The normalized spacial score (nSPS) is 23.1. The molecule has 1 amide bonds. The van der Waals surface area contributed by atoms with Gasteiger partial charge in [-0.1, -0.05) is 23.7 Å². The molecule has 5 nitrogen and oxygen atoms in total. The number of piperazine rings is 1. The van der Waals surface area contributed by atoms with E-state index in [4.69, 9.17) is 11.6 Å². The lowest BCUT2D eigenvalue weighted by molar-refractivity contribution is -0.130. The Morgan fingerprint density at radius 2 is 1.96 bits per heavy atom. The highest BCUT2D eigenvalue weighted by Gasteiger charge is 2.40. The summed E-state index contributed by atoms with van der Waals surface area (Å²) in [6, 6.07) is 8.53. The van der Waals surface area contributed by atoms with Gasteiger partial charge in [-0.3, -0.25) is 9.79 Å². The summed E-state index contributed by atoms with van der Waals surface area (Å²) in [6.07, 6.45) is 1.11. The van der Waals surface area contributed by atoms with Crippen LogP contribution < -0.4 is 5.32 Å². The van der Waals surface area contributed by atoms with Crippen molar-refractivity contribution in [1.82, 2.24) is 15.1 Å². The Morgan fingerprint density at radius 3 is 2.56 bits per heavy atom. The molecule has 1 saturated carbocycles. The van der Waals surface area contributed by atoms with Gasteiger partial charge in [0.2, 0.25) is 5.91 Å². The van der Waals surface area contributed by atoms with Gasteiger partial charge in [-0.25, -0.2) is 0 Å². The number of aliphatic imine (C=N–C) groups is 1. The van der Waals surface area contributed by atoms with Gasteiger partial charge in [0.1, 0.15) is 0 Å². The summed E-state index contributed by atoms with van der Waals surface area (Å²) in [5.41, 5.74) is 1.29. The number of carbonyl (C=O) groups excluding carboxylic acids is 1. The van der Waals surface area contributed by atoms with Gasteiger partial charge in [0.25, 0.3) is 0 Å². The van der Waals surface area contributed by atoms with Gasteiger partial charge in [-0.15, -0.1) is 24.0 Å². The first-order chi connectivity index (χ1) is 11.6. The van der Waals surface area contributed by atoms with Crippen molar-refractivity contribution in [3.8, 4) is 0 Å². The number of amides is 1. The summed E-state index contributed by atoms with van der Waals surface area (Å²) < 4.78 is 0. The molecule has 1 saturated heterocycles. The number of hydrogen-bond donors (Lipinski definition) is 1. The van der Waals surface area contributed by atoms with Crippen molar-refractivity contribution < 1.29 is 4.79 Å². The van der Waals surface area contributed by atoms with Crippen molar-refractivity contribution in [2.24, 2.45) is 4.99 Å². The van der Waals surface area contributed by atoms with Crippen molar-refractivity contribution in [2.75, 3.05) is 32.7 Å². The van der Waals surface area contributed by atoms with Crippen LogP contribution in [-0.4, -0.2) is 60.4 Å². The molecule has 25 heavy (non-hydrogen) atoms. The minimum absolute atomic E-state index is 0. The molecule has 7 heteroatoms. The Bertz CT molecular complexity index is 631. The first kappa shape index (κ1) is 20.3. The molecule has 3 rings (SSSR count). The topological polar surface area (TPSA) is 47.9 Å². The Labute approximate surface area is 171 Å². The molecule has 1 aliphatic carbocycles. The van der Waals surface area contributed by atoms with Crippen molar-refractivity contribution in [1.29, 1.82) is 0 Å². The summed E-state index contributed by atoms with van der Waals surface area (Å²) >= 11 is 6.10. The van der Waals surface area contributed by atoms with E-state index in [1.54, 1.807) is 6.92 Å². The summed E-state index contributed by atoms with van der Waals surface area (Å²) in [5.74, 6) is 1.62. The van der Waals surface area contributed by atoms with Gasteiger partial charge in [0, 0.05) is 56.6 Å². The molecule has 1 aliphatic heterocycles. The van der Waals surface area contributed by atoms with E-state index >= 15 is 0 Å². The van der Waals surface area contributed by atoms with Crippen LogP contribution in [0.4, 0.5) is 0 Å². The summed E-state index contributed by atoms with van der Waals surface area (Å²) in [7, 11) is 0. The van der Waals surface area contributed by atoms with Gasteiger partial charge >= 0.3 is 0 Å². The van der Waals surface area contributed by atoms with E-state index in [9.17, 15) is 4.79 Å². The van der Waals surface area contributed by atoms with Gasteiger partial charge < -0.3 is 15.1 Å². The smallest absolute Gasteiger partial charge is 0.219 e. The number of carbonyl (C=O) groups is 1. The van der Waals surface area contributed by atoms with Gasteiger partial charge in [-0.05, 0) is 31.0 Å². The molecule has 1 aromatic carbocycles. The molecule has 2 atom stereocenters. The van der Waals surface area contributed by atoms with E-state index < -0.39 is 0 Å². The van der Waals surface area contributed by atoms with Crippen molar-refractivity contribution >= 4 is 47.4 Å². The maximum Gasteiger partial charge on any atom is 0.219 e. The molecule has 0 spiro atoms. The third-order valence-corrected chi connectivity index (χ3v) is 4.95. The van der Waals surface area contributed by atoms with Crippen molar-refractivity contribution in [3.05, 3.63) is 34.9 Å². The molecule has 0 bridgehead atoms. The van der Waals surface area contributed by atoms with E-state index in [1.807, 2.05) is 17.0 Å². The van der Waals surface area contributed by atoms with Crippen LogP contribution in [0.25, 0.3) is 0 Å². The minimum atomic E-state index is 0. The molecular weight excluding hydrogens is 451 g/mol. The Morgan fingerprint density at radius 1 is 1.28 bits per heavy atom. The molecule has 138 valence electrons. The lowest BCUT2D eigenvalue weighted by Crippen LogP contribution is -2.53. The lowest BCUT2D eigenvalue weighted by atomic mass is 10.1. The van der Waals surface area contributed by atoms with Crippen molar-refractivity contribution in [2.45, 2.75) is 32.2 Å². The fourth-order valence-corrected chi connectivity index (χ4v) is 3.44. The van der Waals surface area contributed by atoms with Gasteiger partial charge in [0.15, 0.2) is 5.96 Å². The third-order valence-electron chi connectivity index (χ3n) is 4.71. The number of rotatable bonds is 3. The fraction of sp³-hybridized carbons (Fsp3) is 0.556. The van der Waals surface area contributed by atoms with Crippen LogP contribution in [-0.2, 0) is 4.79 Å². The molecular formula is C18H26ClIN4O. The van der Waals surface area contributed by atoms with Crippen LogP contribution in [0.15, 0.2) is 29.3 Å². The van der Waals surface area contributed by atoms with E-state index in [0.717, 1.165) is 50.1 Å². The fourth-order valence-electron chi connectivity index (χ4n) is 3.25. The maximum absolute atomic E-state index is 11.5. The van der Waals surface area contributed by atoms with Crippen LogP contribution in [0.3, 0.4) is 0 Å². The van der Waals surface area contributed by atoms with Gasteiger partial charge in [0.05, 0.1) is 0 Å². The molecule has 1 heterocycles. The van der Waals surface area contributed by atoms with Crippen LogP contribution in [0.5, 0.6) is 0 Å². The first-order valence-electron chi connectivity index (χ1n) is 8.65. The third kappa shape index (κ3) is 5.23. The summed E-state index contributed by atoms with van der Waals surface area (Å²) in [4.78, 5) is 20.3. The van der Waals surface area contributed by atoms with E-state index in [2.05, 4.69) is 34.3 Å². The van der Waals surface area contributed by atoms with Gasteiger partial charge in [-0.2, -0.15) is 0 Å². The number of nitrogens with one attached hydrogen (secondary N) is 1. The Hall–Kier alpha value is -1.02. The second kappa shape index (κ2) is 9.07.